The van der Waals surface area contributed by atoms with E-state index in [0.717, 1.165) is 45.6 Å². The summed E-state index contributed by atoms with van der Waals surface area (Å²) in [6.45, 7) is 4.34. The number of nitrogens with two attached hydrogens (primary N) is 1. The predicted molar refractivity (Wildman–Crippen MR) is 63.2 cm³/mol. The second-order valence-corrected chi connectivity index (χ2v) is 4.66. The molecule has 0 aromatic heterocycles. The number of amides is 2. The molecule has 2 heterocycles. The summed E-state index contributed by atoms with van der Waals surface area (Å²) < 4.78 is 0. The lowest BCUT2D eigenvalue weighted by Crippen LogP contribution is -2.51. The van der Waals surface area contributed by atoms with Gasteiger partial charge in [-0.1, -0.05) is 0 Å². The van der Waals surface area contributed by atoms with E-state index in [0.29, 0.717) is 6.54 Å². The molecule has 0 bridgehead atoms. The van der Waals surface area contributed by atoms with Gasteiger partial charge >= 0.3 is 0 Å². The summed E-state index contributed by atoms with van der Waals surface area (Å²) in [6.07, 6.45) is 1.73. The van der Waals surface area contributed by atoms with Gasteiger partial charge in [0.25, 0.3) is 0 Å². The Morgan fingerprint density at radius 1 is 1.24 bits per heavy atom. The van der Waals surface area contributed by atoms with Gasteiger partial charge in [-0.25, -0.2) is 0 Å². The monoisotopic (exact) mass is 240 g/mol. The number of rotatable bonds is 3. The van der Waals surface area contributed by atoms with E-state index in [-0.39, 0.29) is 17.9 Å². The van der Waals surface area contributed by atoms with E-state index in [2.05, 4.69) is 5.32 Å². The second kappa shape index (κ2) is 5.46. The van der Waals surface area contributed by atoms with Gasteiger partial charge in [-0.15, -0.1) is 0 Å². The SMILES string of the molecule is NC(=O)C1CCCN1CC(=O)N1CCNCC1. The molecule has 2 amide bonds. The molecular formula is C11H20N4O2. The molecule has 0 aromatic rings. The number of carbonyl (C=O) groups excluding carboxylic acids is 2. The molecule has 6 nitrogen and oxygen atoms in total. The third-order valence-corrected chi connectivity index (χ3v) is 3.50. The molecule has 0 radical (unpaired) electrons. The fourth-order valence-corrected chi connectivity index (χ4v) is 2.53. The smallest absolute Gasteiger partial charge is 0.236 e. The average Bonchev–Trinajstić information content (AvgIpc) is 2.78. The van der Waals surface area contributed by atoms with Gasteiger partial charge in [-0.3, -0.25) is 14.5 Å². The maximum Gasteiger partial charge on any atom is 0.236 e. The summed E-state index contributed by atoms with van der Waals surface area (Å²) >= 11 is 0. The molecule has 0 aliphatic carbocycles. The molecule has 6 heteroatoms. The molecule has 2 fully saturated rings. The Hall–Kier alpha value is -1.14. The lowest BCUT2D eigenvalue weighted by Gasteiger charge is -2.30. The van der Waals surface area contributed by atoms with Gasteiger partial charge in [0, 0.05) is 26.2 Å². The number of nitrogens with one attached hydrogen (secondary N) is 1. The van der Waals surface area contributed by atoms with Crippen molar-refractivity contribution in [2.75, 3.05) is 39.3 Å². The minimum absolute atomic E-state index is 0.111. The first kappa shape index (κ1) is 12.3. The van der Waals surface area contributed by atoms with Crippen LogP contribution in [0.4, 0.5) is 0 Å². The summed E-state index contributed by atoms with van der Waals surface area (Å²) in [5, 5.41) is 3.21. The molecule has 2 aliphatic rings. The number of hydrogen-bond donors (Lipinski definition) is 2. The Kier molecular flexibility index (Phi) is 3.96. The van der Waals surface area contributed by atoms with Gasteiger partial charge in [0.15, 0.2) is 0 Å². The van der Waals surface area contributed by atoms with Crippen molar-refractivity contribution < 1.29 is 9.59 Å². The van der Waals surface area contributed by atoms with Crippen molar-refractivity contribution in [1.82, 2.24) is 15.1 Å². The minimum Gasteiger partial charge on any atom is -0.368 e. The van der Waals surface area contributed by atoms with E-state index in [1.807, 2.05) is 9.80 Å². The maximum absolute atomic E-state index is 12.0. The first-order chi connectivity index (χ1) is 8.18. The van der Waals surface area contributed by atoms with Crippen LogP contribution in [0.25, 0.3) is 0 Å². The normalized spacial score (nSPS) is 26.1. The van der Waals surface area contributed by atoms with Crippen LogP contribution in [-0.2, 0) is 9.59 Å². The van der Waals surface area contributed by atoms with E-state index in [4.69, 9.17) is 5.73 Å². The Morgan fingerprint density at radius 3 is 2.59 bits per heavy atom. The second-order valence-electron chi connectivity index (χ2n) is 4.66. The number of nitrogens with zero attached hydrogens (tertiary/aromatic N) is 2. The lowest BCUT2D eigenvalue weighted by molar-refractivity contribution is -0.134. The number of carbonyl (C=O) groups is 2. The van der Waals surface area contributed by atoms with Gasteiger partial charge in [0.2, 0.25) is 11.8 Å². The molecular weight excluding hydrogens is 220 g/mol. The van der Waals surface area contributed by atoms with Crippen LogP contribution in [0.3, 0.4) is 0 Å². The summed E-state index contributed by atoms with van der Waals surface area (Å²) in [5.74, 6) is -0.199. The summed E-state index contributed by atoms with van der Waals surface area (Å²) in [5.41, 5.74) is 5.33. The van der Waals surface area contributed by atoms with Gasteiger partial charge in [0.1, 0.15) is 0 Å². The topological polar surface area (TPSA) is 78.7 Å². The Balaban J connectivity index is 1.86. The quantitative estimate of drug-likeness (QED) is 0.621. The van der Waals surface area contributed by atoms with Crippen LogP contribution in [0.5, 0.6) is 0 Å². The van der Waals surface area contributed by atoms with E-state index in [1.165, 1.54) is 0 Å². The molecule has 1 unspecified atom stereocenters. The molecule has 3 N–H and O–H groups in total. The lowest BCUT2D eigenvalue weighted by atomic mass is 10.2. The molecule has 17 heavy (non-hydrogen) atoms. The highest BCUT2D eigenvalue weighted by Gasteiger charge is 2.31. The zero-order valence-electron chi connectivity index (χ0n) is 10.0. The Morgan fingerprint density at radius 2 is 1.94 bits per heavy atom. The number of primary amides is 1. The molecule has 1 atom stereocenters. The van der Waals surface area contributed by atoms with Gasteiger partial charge in [-0.2, -0.15) is 0 Å². The van der Waals surface area contributed by atoms with Crippen LogP contribution >= 0.6 is 0 Å². The predicted octanol–water partition coefficient (Wildman–Crippen LogP) is -1.63. The van der Waals surface area contributed by atoms with Crippen molar-refractivity contribution in [1.29, 1.82) is 0 Å². The Labute approximate surface area is 101 Å². The highest BCUT2D eigenvalue weighted by Crippen LogP contribution is 2.16. The van der Waals surface area contributed by atoms with Gasteiger partial charge in [0.05, 0.1) is 12.6 Å². The standard InChI is InChI=1S/C11H20N4O2/c12-11(17)9-2-1-5-15(9)8-10(16)14-6-3-13-4-7-14/h9,13H,1-8H2,(H2,12,17). The van der Waals surface area contributed by atoms with E-state index < -0.39 is 0 Å². The highest BCUT2D eigenvalue weighted by molar-refractivity contribution is 5.82. The summed E-state index contributed by atoms with van der Waals surface area (Å²) in [7, 11) is 0. The minimum atomic E-state index is -0.310. The largest absolute Gasteiger partial charge is 0.368 e. The maximum atomic E-state index is 12.0. The van der Waals surface area contributed by atoms with Crippen LogP contribution in [0.1, 0.15) is 12.8 Å². The van der Waals surface area contributed by atoms with Crippen LogP contribution in [0, 0.1) is 0 Å². The molecule has 2 rings (SSSR count). The van der Waals surface area contributed by atoms with Crippen LogP contribution in [-0.4, -0.2) is 66.9 Å². The fourth-order valence-electron chi connectivity index (χ4n) is 2.53. The van der Waals surface area contributed by atoms with Crippen molar-refractivity contribution in [2.24, 2.45) is 5.73 Å². The molecule has 0 spiro atoms. The van der Waals surface area contributed by atoms with Crippen LogP contribution in [0.15, 0.2) is 0 Å². The first-order valence-electron chi connectivity index (χ1n) is 6.20. The number of piperazine rings is 1. The number of likely N-dealkylation sites (tertiary alicyclic amines) is 1. The number of hydrogen-bond acceptors (Lipinski definition) is 4. The van der Waals surface area contributed by atoms with Crippen LogP contribution in [0.2, 0.25) is 0 Å². The van der Waals surface area contributed by atoms with E-state index in [1.54, 1.807) is 0 Å². The zero-order chi connectivity index (χ0) is 12.3. The third kappa shape index (κ3) is 2.95. The zero-order valence-corrected chi connectivity index (χ0v) is 10.0. The van der Waals surface area contributed by atoms with Gasteiger partial charge in [-0.05, 0) is 19.4 Å². The summed E-state index contributed by atoms with van der Waals surface area (Å²) in [6, 6.07) is -0.248. The molecule has 2 aliphatic heterocycles. The molecule has 0 aromatic carbocycles. The molecule has 96 valence electrons. The van der Waals surface area contributed by atoms with Crippen molar-refractivity contribution in [3.05, 3.63) is 0 Å². The van der Waals surface area contributed by atoms with Crippen molar-refractivity contribution in [3.8, 4) is 0 Å². The van der Waals surface area contributed by atoms with Crippen molar-refractivity contribution in [3.63, 3.8) is 0 Å². The van der Waals surface area contributed by atoms with E-state index >= 15 is 0 Å². The molecule has 0 saturated carbocycles. The first-order valence-corrected chi connectivity index (χ1v) is 6.20. The van der Waals surface area contributed by atoms with Crippen molar-refractivity contribution >= 4 is 11.8 Å². The van der Waals surface area contributed by atoms with Crippen LogP contribution < -0.4 is 11.1 Å². The fraction of sp³-hybridized carbons (Fsp3) is 0.818. The summed E-state index contributed by atoms with van der Waals surface area (Å²) in [4.78, 5) is 27.0. The Bertz CT molecular complexity index is 302. The molecule has 2 saturated heterocycles. The van der Waals surface area contributed by atoms with Gasteiger partial charge < -0.3 is 16.0 Å². The third-order valence-electron chi connectivity index (χ3n) is 3.50. The average molecular weight is 240 g/mol. The highest BCUT2D eigenvalue weighted by atomic mass is 16.2. The van der Waals surface area contributed by atoms with E-state index in [9.17, 15) is 9.59 Å². The van der Waals surface area contributed by atoms with Crippen molar-refractivity contribution in [2.45, 2.75) is 18.9 Å².